The summed E-state index contributed by atoms with van der Waals surface area (Å²) in [5.41, 5.74) is 4.07. The fourth-order valence-corrected chi connectivity index (χ4v) is 3.37. The van der Waals surface area contributed by atoms with Crippen molar-refractivity contribution in [1.29, 1.82) is 0 Å². The molecule has 2 amide bonds. The molecule has 1 heterocycles. The zero-order valence-corrected chi connectivity index (χ0v) is 18.4. The van der Waals surface area contributed by atoms with Crippen LogP contribution in [0.4, 0.5) is 5.69 Å². The predicted octanol–water partition coefficient (Wildman–Crippen LogP) is 3.26. The number of rotatable bonds is 7. The van der Waals surface area contributed by atoms with Gasteiger partial charge < -0.3 is 24.7 Å². The molecule has 8 nitrogen and oxygen atoms in total. The van der Waals surface area contributed by atoms with E-state index in [1.165, 1.54) is 7.11 Å². The molecule has 0 saturated carbocycles. The van der Waals surface area contributed by atoms with E-state index in [0.29, 0.717) is 16.8 Å². The molecule has 0 aliphatic carbocycles. The van der Waals surface area contributed by atoms with Crippen LogP contribution in [-0.2, 0) is 9.53 Å². The number of aromatic nitrogens is 1. The van der Waals surface area contributed by atoms with Gasteiger partial charge in [0.15, 0.2) is 0 Å². The van der Waals surface area contributed by atoms with Gasteiger partial charge in [0, 0.05) is 34.4 Å². The fraction of sp³-hybridized carbons (Fsp3) is 0.208. The zero-order chi connectivity index (χ0) is 23.3. The summed E-state index contributed by atoms with van der Waals surface area (Å²) in [4.78, 5) is 36.1. The number of aryl methyl sites for hydroxylation is 1. The lowest BCUT2D eigenvalue weighted by Gasteiger charge is -2.11. The van der Waals surface area contributed by atoms with Crippen LogP contribution in [0.25, 0.3) is 5.69 Å². The highest BCUT2D eigenvalue weighted by Crippen LogP contribution is 2.24. The first-order valence-corrected chi connectivity index (χ1v) is 9.94. The molecule has 0 radical (unpaired) electrons. The summed E-state index contributed by atoms with van der Waals surface area (Å²) in [6.45, 7) is 3.61. The Hall–Kier alpha value is -4.07. The minimum Gasteiger partial charge on any atom is -0.497 e. The van der Waals surface area contributed by atoms with Gasteiger partial charge >= 0.3 is 5.97 Å². The van der Waals surface area contributed by atoms with Crippen LogP contribution in [0, 0.1) is 13.8 Å². The lowest BCUT2D eigenvalue weighted by atomic mass is 10.1. The molecule has 1 aromatic heterocycles. The van der Waals surface area contributed by atoms with Crippen LogP contribution >= 0.6 is 0 Å². The van der Waals surface area contributed by atoms with Gasteiger partial charge in [-0.1, -0.05) is 6.07 Å². The standard InChI is InChI=1S/C24H25N3O5/c1-15-12-21(16(2)27(15)19-6-5-7-20(13-19)31-3)24(30)26-18-10-8-17(9-11-18)23(29)25-14-22(28)32-4/h5-13H,14H2,1-4H3,(H,25,29)(H,26,30). The summed E-state index contributed by atoms with van der Waals surface area (Å²) in [5.74, 6) is -0.462. The number of benzene rings is 2. The van der Waals surface area contributed by atoms with Crippen molar-refractivity contribution >= 4 is 23.5 Å². The van der Waals surface area contributed by atoms with Gasteiger partial charge in [0.05, 0.1) is 19.8 Å². The fourth-order valence-electron chi connectivity index (χ4n) is 3.37. The molecule has 3 aromatic rings. The minimum atomic E-state index is -0.534. The lowest BCUT2D eigenvalue weighted by Crippen LogP contribution is -2.30. The number of esters is 1. The van der Waals surface area contributed by atoms with Crippen molar-refractivity contribution in [3.8, 4) is 11.4 Å². The number of anilines is 1. The van der Waals surface area contributed by atoms with E-state index in [2.05, 4.69) is 15.4 Å². The van der Waals surface area contributed by atoms with Gasteiger partial charge in [0.1, 0.15) is 12.3 Å². The number of nitrogens with one attached hydrogen (secondary N) is 2. The zero-order valence-electron chi connectivity index (χ0n) is 18.4. The van der Waals surface area contributed by atoms with Crippen molar-refractivity contribution < 1.29 is 23.9 Å². The summed E-state index contributed by atoms with van der Waals surface area (Å²) in [7, 11) is 2.86. The van der Waals surface area contributed by atoms with Crippen LogP contribution < -0.4 is 15.4 Å². The molecule has 166 valence electrons. The molecule has 0 unspecified atom stereocenters. The van der Waals surface area contributed by atoms with Crippen molar-refractivity contribution in [2.24, 2.45) is 0 Å². The highest BCUT2D eigenvalue weighted by atomic mass is 16.5. The van der Waals surface area contributed by atoms with E-state index in [1.54, 1.807) is 31.4 Å². The molecular formula is C24H25N3O5. The molecule has 0 aliphatic heterocycles. The highest BCUT2D eigenvalue weighted by Gasteiger charge is 2.17. The summed E-state index contributed by atoms with van der Waals surface area (Å²) in [6.07, 6.45) is 0. The lowest BCUT2D eigenvalue weighted by molar-refractivity contribution is -0.139. The number of hydrogen-bond donors (Lipinski definition) is 2. The Bertz CT molecular complexity index is 1150. The van der Waals surface area contributed by atoms with Crippen LogP contribution in [0.15, 0.2) is 54.6 Å². The Balaban J connectivity index is 1.74. The van der Waals surface area contributed by atoms with E-state index in [1.807, 2.05) is 48.7 Å². The maximum atomic E-state index is 12.9. The van der Waals surface area contributed by atoms with Gasteiger partial charge in [-0.15, -0.1) is 0 Å². The predicted molar refractivity (Wildman–Crippen MR) is 121 cm³/mol. The molecule has 3 rings (SSSR count). The number of carbonyl (C=O) groups excluding carboxylic acids is 3. The number of ether oxygens (including phenoxy) is 2. The SMILES string of the molecule is COC(=O)CNC(=O)c1ccc(NC(=O)c2cc(C)n(-c3cccc(OC)c3)c2C)cc1. The van der Waals surface area contributed by atoms with Crippen molar-refractivity contribution in [2.75, 3.05) is 26.1 Å². The summed E-state index contributed by atoms with van der Waals surface area (Å²) in [6, 6.07) is 15.9. The monoisotopic (exact) mass is 435 g/mol. The average molecular weight is 435 g/mol. The molecule has 0 fully saturated rings. The van der Waals surface area contributed by atoms with E-state index in [9.17, 15) is 14.4 Å². The van der Waals surface area contributed by atoms with E-state index in [4.69, 9.17) is 4.74 Å². The summed E-state index contributed by atoms with van der Waals surface area (Å²) < 4.78 is 11.8. The Morgan fingerprint density at radius 3 is 2.31 bits per heavy atom. The number of nitrogens with zero attached hydrogens (tertiary/aromatic N) is 1. The van der Waals surface area contributed by atoms with Gasteiger partial charge in [0.2, 0.25) is 0 Å². The number of amides is 2. The minimum absolute atomic E-state index is 0.212. The van der Waals surface area contributed by atoms with Gasteiger partial charge in [0.25, 0.3) is 11.8 Å². The Morgan fingerprint density at radius 1 is 0.938 bits per heavy atom. The molecule has 0 spiro atoms. The molecule has 2 N–H and O–H groups in total. The number of carbonyl (C=O) groups is 3. The second-order valence-corrected chi connectivity index (χ2v) is 7.11. The molecule has 8 heteroatoms. The Labute approximate surface area is 186 Å². The first-order chi connectivity index (χ1) is 15.3. The molecular weight excluding hydrogens is 410 g/mol. The molecule has 32 heavy (non-hydrogen) atoms. The van der Waals surface area contributed by atoms with Crippen molar-refractivity contribution in [2.45, 2.75) is 13.8 Å². The van der Waals surface area contributed by atoms with Crippen LogP contribution in [0.5, 0.6) is 5.75 Å². The summed E-state index contributed by atoms with van der Waals surface area (Å²) >= 11 is 0. The first kappa shape index (κ1) is 22.6. The number of hydrogen-bond acceptors (Lipinski definition) is 5. The van der Waals surface area contributed by atoms with Gasteiger partial charge in [-0.3, -0.25) is 14.4 Å². The third-order valence-corrected chi connectivity index (χ3v) is 5.01. The van der Waals surface area contributed by atoms with E-state index in [0.717, 1.165) is 22.8 Å². The van der Waals surface area contributed by atoms with Gasteiger partial charge in [-0.2, -0.15) is 0 Å². The van der Waals surface area contributed by atoms with Crippen LogP contribution in [0.2, 0.25) is 0 Å². The van der Waals surface area contributed by atoms with Crippen LogP contribution in [-0.4, -0.2) is 43.1 Å². The average Bonchev–Trinajstić information content (AvgIpc) is 3.11. The second kappa shape index (κ2) is 9.82. The normalized spacial score (nSPS) is 10.4. The van der Waals surface area contributed by atoms with E-state index < -0.39 is 11.9 Å². The molecule has 0 bridgehead atoms. The molecule has 0 atom stereocenters. The molecule has 2 aromatic carbocycles. The van der Waals surface area contributed by atoms with Crippen LogP contribution in [0.3, 0.4) is 0 Å². The van der Waals surface area contributed by atoms with Crippen molar-refractivity contribution in [3.63, 3.8) is 0 Å². The van der Waals surface area contributed by atoms with Crippen molar-refractivity contribution in [3.05, 3.63) is 77.1 Å². The smallest absolute Gasteiger partial charge is 0.325 e. The topological polar surface area (TPSA) is 98.7 Å². The number of methoxy groups -OCH3 is 2. The molecule has 0 aliphatic rings. The quantitative estimate of drug-likeness (QED) is 0.555. The van der Waals surface area contributed by atoms with Crippen LogP contribution in [0.1, 0.15) is 32.1 Å². The highest BCUT2D eigenvalue weighted by molar-refractivity contribution is 6.05. The maximum absolute atomic E-state index is 12.9. The molecule has 0 saturated heterocycles. The Kier molecular flexibility index (Phi) is 6.94. The van der Waals surface area contributed by atoms with E-state index in [-0.39, 0.29) is 12.5 Å². The maximum Gasteiger partial charge on any atom is 0.325 e. The summed E-state index contributed by atoms with van der Waals surface area (Å²) in [5, 5.41) is 5.32. The third kappa shape index (κ3) is 4.97. The van der Waals surface area contributed by atoms with Gasteiger partial charge in [-0.25, -0.2) is 0 Å². The second-order valence-electron chi connectivity index (χ2n) is 7.11. The third-order valence-electron chi connectivity index (χ3n) is 5.01. The van der Waals surface area contributed by atoms with E-state index >= 15 is 0 Å². The Morgan fingerprint density at radius 2 is 1.66 bits per heavy atom. The van der Waals surface area contributed by atoms with Gasteiger partial charge in [-0.05, 0) is 56.3 Å². The van der Waals surface area contributed by atoms with Crippen molar-refractivity contribution in [1.82, 2.24) is 9.88 Å². The first-order valence-electron chi connectivity index (χ1n) is 9.94. The largest absolute Gasteiger partial charge is 0.497 e.